The van der Waals surface area contributed by atoms with Gasteiger partial charge in [0.2, 0.25) is 11.8 Å². The summed E-state index contributed by atoms with van der Waals surface area (Å²) >= 11 is 0. The smallest absolute Gasteiger partial charge is 0.217 e. The van der Waals surface area contributed by atoms with Gasteiger partial charge in [-0.05, 0) is 6.92 Å². The van der Waals surface area contributed by atoms with Crippen LogP contribution in [-0.4, -0.2) is 211 Å². The molecule has 0 aromatic heterocycles. The summed E-state index contributed by atoms with van der Waals surface area (Å²) in [6.45, 7) is 0.957. The van der Waals surface area contributed by atoms with Crippen LogP contribution in [0.3, 0.4) is 0 Å². The first-order valence-corrected chi connectivity index (χ1v) is 15.9. The van der Waals surface area contributed by atoms with Crippen molar-refractivity contribution in [2.24, 2.45) is 0 Å². The van der Waals surface area contributed by atoms with Crippen LogP contribution >= 0.6 is 0 Å². The van der Waals surface area contributed by atoms with Crippen LogP contribution in [0, 0.1) is 0 Å². The van der Waals surface area contributed by atoms with E-state index in [4.69, 9.17) is 33.2 Å². The second-order valence-corrected chi connectivity index (χ2v) is 12.6. The van der Waals surface area contributed by atoms with Crippen LogP contribution in [0.5, 0.6) is 0 Å². The highest BCUT2D eigenvalue weighted by molar-refractivity contribution is 5.73. The van der Waals surface area contributed by atoms with E-state index >= 15 is 0 Å². The van der Waals surface area contributed by atoms with Crippen molar-refractivity contribution in [2.75, 3.05) is 19.8 Å². The van der Waals surface area contributed by atoms with E-state index in [-0.39, 0.29) is 0 Å². The highest BCUT2D eigenvalue weighted by Gasteiger charge is 2.56. The van der Waals surface area contributed by atoms with E-state index in [1.54, 1.807) is 0 Å². The Morgan fingerprint density at radius 1 is 0.520 bits per heavy atom. The van der Waals surface area contributed by atoms with Gasteiger partial charge in [-0.1, -0.05) is 0 Å². The number of hydrogen-bond acceptors (Lipinski definition) is 20. The predicted molar refractivity (Wildman–Crippen MR) is 156 cm³/mol. The van der Waals surface area contributed by atoms with Crippen molar-refractivity contribution in [1.29, 1.82) is 0 Å². The Bertz CT molecular complexity index is 1130. The lowest BCUT2D eigenvalue weighted by Crippen LogP contribution is -2.71. The molecule has 4 aliphatic heterocycles. The van der Waals surface area contributed by atoms with Crippen molar-refractivity contribution in [3.8, 4) is 0 Å². The summed E-state index contributed by atoms with van der Waals surface area (Å²) in [6.07, 6.45) is -30.5. The number of hydrogen-bond donors (Lipinski definition) is 13. The highest BCUT2D eigenvalue weighted by Crippen LogP contribution is 2.34. The van der Waals surface area contributed by atoms with Gasteiger partial charge >= 0.3 is 0 Å². The van der Waals surface area contributed by atoms with E-state index < -0.39 is 154 Å². The van der Waals surface area contributed by atoms with Crippen LogP contribution in [0.25, 0.3) is 0 Å². The average molecular weight is 733 g/mol. The van der Waals surface area contributed by atoms with E-state index in [0.717, 1.165) is 13.8 Å². The molecule has 4 aliphatic rings. The largest absolute Gasteiger partial charge is 0.394 e. The maximum atomic E-state index is 12.5. The van der Waals surface area contributed by atoms with Gasteiger partial charge in [0.25, 0.3) is 0 Å². The molecule has 4 rings (SSSR count). The van der Waals surface area contributed by atoms with Crippen molar-refractivity contribution in [3.63, 3.8) is 0 Å². The molecule has 290 valence electrons. The molecule has 2 amide bonds. The van der Waals surface area contributed by atoms with Gasteiger partial charge in [-0.3, -0.25) is 9.59 Å². The molecule has 50 heavy (non-hydrogen) atoms. The van der Waals surface area contributed by atoms with Crippen LogP contribution in [0.4, 0.5) is 0 Å². The van der Waals surface area contributed by atoms with Gasteiger partial charge < -0.3 is 100.0 Å². The summed E-state index contributed by atoms with van der Waals surface area (Å²) in [4.78, 5) is 24.4. The third-order valence-corrected chi connectivity index (χ3v) is 8.97. The van der Waals surface area contributed by atoms with Crippen molar-refractivity contribution >= 4 is 11.8 Å². The van der Waals surface area contributed by atoms with Gasteiger partial charge in [0.1, 0.15) is 91.4 Å². The molecule has 0 aromatic rings. The summed E-state index contributed by atoms with van der Waals surface area (Å²) in [7, 11) is 0. The molecule has 0 bridgehead atoms. The number of carbonyl (C=O) groups excluding carboxylic acids is 2. The number of aliphatic hydroxyl groups is 11. The molecule has 0 unspecified atom stereocenters. The Hall–Kier alpha value is -1.78. The standard InChI is InChI=1S/C28H48N2O20/c1-7-15(36)20(41)21(42)28(44-7)50-24-23(18(39)11(5-32)45-25(24)43)49-27-14(30-9(3)35)22(17(38)12(6-33)47-27)48-26-13(29-8(2)34)19(40)16(37)10(4-31)46-26/h7,10-28,31-33,36-43H,4-6H2,1-3H3,(H,29,34)(H,30,35)/t7-,10+,11+,12+,13+,14+,15+,16+,17-,18-,19+,20+,21-,22+,23-,24+,25-,26+,27+,28-/m0/s1. The maximum absolute atomic E-state index is 12.5. The number of aliphatic hydroxyl groups excluding tert-OH is 11. The van der Waals surface area contributed by atoms with Crippen LogP contribution in [0.15, 0.2) is 0 Å². The topological polar surface area (TPSA) is 345 Å². The Morgan fingerprint density at radius 2 is 0.980 bits per heavy atom. The molecule has 20 atom stereocenters. The Morgan fingerprint density at radius 3 is 1.54 bits per heavy atom. The van der Waals surface area contributed by atoms with Gasteiger partial charge in [-0.15, -0.1) is 0 Å². The van der Waals surface area contributed by atoms with E-state index in [0.29, 0.717) is 0 Å². The quantitative estimate of drug-likeness (QED) is 0.0938. The van der Waals surface area contributed by atoms with Crippen molar-refractivity contribution in [1.82, 2.24) is 10.6 Å². The molecule has 0 aliphatic carbocycles. The molecular weight excluding hydrogens is 684 g/mol. The normalized spacial score (nSPS) is 48.5. The first-order valence-electron chi connectivity index (χ1n) is 15.9. The SMILES string of the molecule is CC(=O)N[C@H]1[C@@H](O[C@H]2[C@@H](O)[C@@H](CO)O[C@H](O[C@H]3[C@@H](O)[C@@H](CO)O[C@H](O)[C@@H]3O[C@@H]3O[C@@H](C)[C@@H](O)[C@@H](O)[C@@H]3O)[C@@H]2NC(C)=O)O[C@H](CO)[C@@H](O)[C@@H]1O. The van der Waals surface area contributed by atoms with Crippen LogP contribution in [0.1, 0.15) is 20.8 Å². The first-order chi connectivity index (χ1) is 23.5. The highest BCUT2D eigenvalue weighted by atomic mass is 16.8. The summed E-state index contributed by atoms with van der Waals surface area (Å²) in [5, 5.41) is 120. The second kappa shape index (κ2) is 17.4. The fraction of sp³-hybridized carbons (Fsp3) is 0.929. The third kappa shape index (κ3) is 8.70. The summed E-state index contributed by atoms with van der Waals surface area (Å²) in [5.74, 6) is -1.45. The molecule has 0 radical (unpaired) electrons. The number of rotatable bonds is 11. The zero-order valence-electron chi connectivity index (χ0n) is 27.3. The van der Waals surface area contributed by atoms with Gasteiger partial charge in [0, 0.05) is 13.8 Å². The van der Waals surface area contributed by atoms with E-state index in [9.17, 15) is 65.8 Å². The Labute approximate surface area is 285 Å². The van der Waals surface area contributed by atoms with Crippen LogP contribution < -0.4 is 10.6 Å². The lowest BCUT2D eigenvalue weighted by molar-refractivity contribution is -0.384. The molecule has 4 heterocycles. The fourth-order valence-electron chi connectivity index (χ4n) is 6.27. The molecule has 22 nitrogen and oxygen atoms in total. The zero-order valence-corrected chi connectivity index (χ0v) is 27.3. The van der Waals surface area contributed by atoms with Gasteiger partial charge in [0.05, 0.1) is 25.9 Å². The van der Waals surface area contributed by atoms with Crippen molar-refractivity contribution in [3.05, 3.63) is 0 Å². The van der Waals surface area contributed by atoms with Crippen molar-refractivity contribution < 1.29 is 98.9 Å². The molecular formula is C28H48N2O20. The summed E-state index contributed by atoms with van der Waals surface area (Å²) in [5.41, 5.74) is 0. The maximum Gasteiger partial charge on any atom is 0.217 e. The zero-order chi connectivity index (χ0) is 37.2. The Kier molecular flexibility index (Phi) is 14.2. The van der Waals surface area contributed by atoms with Gasteiger partial charge in [-0.2, -0.15) is 0 Å². The molecule has 4 fully saturated rings. The minimum absolute atomic E-state index is 0.693. The number of amides is 2. The third-order valence-electron chi connectivity index (χ3n) is 8.97. The predicted octanol–water partition coefficient (Wildman–Crippen LogP) is -8.43. The summed E-state index contributed by atoms with van der Waals surface area (Å²) < 4.78 is 39.8. The van der Waals surface area contributed by atoms with Crippen molar-refractivity contribution in [2.45, 2.75) is 143 Å². The Balaban J connectivity index is 1.68. The molecule has 0 aromatic carbocycles. The first kappa shape index (κ1) is 41.0. The lowest BCUT2D eigenvalue weighted by atomic mass is 9.93. The summed E-state index contributed by atoms with van der Waals surface area (Å²) in [6, 6.07) is -3.10. The lowest BCUT2D eigenvalue weighted by Gasteiger charge is -2.50. The van der Waals surface area contributed by atoms with E-state index in [2.05, 4.69) is 10.6 Å². The fourth-order valence-corrected chi connectivity index (χ4v) is 6.27. The molecule has 13 N–H and O–H groups in total. The van der Waals surface area contributed by atoms with E-state index in [1.165, 1.54) is 6.92 Å². The molecule has 4 saturated heterocycles. The van der Waals surface area contributed by atoms with Crippen LogP contribution in [-0.2, 0) is 42.7 Å². The van der Waals surface area contributed by atoms with Gasteiger partial charge in [0.15, 0.2) is 25.2 Å². The average Bonchev–Trinajstić information content (AvgIpc) is 3.06. The second-order valence-electron chi connectivity index (χ2n) is 12.6. The van der Waals surface area contributed by atoms with Crippen LogP contribution in [0.2, 0.25) is 0 Å². The number of ether oxygens (including phenoxy) is 7. The van der Waals surface area contributed by atoms with Gasteiger partial charge in [-0.25, -0.2) is 0 Å². The molecule has 0 spiro atoms. The molecule has 0 saturated carbocycles. The van der Waals surface area contributed by atoms with E-state index in [1.807, 2.05) is 0 Å². The minimum atomic E-state index is -2.01. The molecule has 22 heteroatoms. The monoisotopic (exact) mass is 732 g/mol. The number of carbonyl (C=O) groups is 2. The minimum Gasteiger partial charge on any atom is -0.394 e. The number of nitrogens with one attached hydrogen (secondary N) is 2.